The number of aryl methyl sites for hydroxylation is 1. The fraction of sp³-hybridized carbons (Fsp3) is 0.500. The van der Waals surface area contributed by atoms with Crippen molar-refractivity contribution < 1.29 is 0 Å². The SMILES string of the molecule is NC1CC2CCc3cc(Cl)ccc3N2C1. The molecular weight excluding hydrogens is 208 g/mol. The van der Waals surface area contributed by atoms with Crippen LogP contribution in [0, 0.1) is 0 Å². The first kappa shape index (κ1) is 9.49. The van der Waals surface area contributed by atoms with Crippen LogP contribution in [-0.4, -0.2) is 18.6 Å². The average molecular weight is 223 g/mol. The first-order valence-electron chi connectivity index (χ1n) is 5.54. The molecule has 15 heavy (non-hydrogen) atoms. The summed E-state index contributed by atoms with van der Waals surface area (Å²) in [5.41, 5.74) is 8.75. The van der Waals surface area contributed by atoms with E-state index in [-0.39, 0.29) is 0 Å². The van der Waals surface area contributed by atoms with Gasteiger partial charge in [0.05, 0.1) is 0 Å². The molecule has 0 bridgehead atoms. The summed E-state index contributed by atoms with van der Waals surface area (Å²) in [7, 11) is 0. The lowest BCUT2D eigenvalue weighted by Gasteiger charge is -2.33. The predicted octanol–water partition coefficient (Wildman–Crippen LogP) is 2.19. The van der Waals surface area contributed by atoms with Crippen LogP contribution >= 0.6 is 11.6 Å². The molecular formula is C12H15ClN2. The number of anilines is 1. The molecule has 1 aromatic rings. The minimum atomic E-state index is 0.344. The molecule has 3 rings (SSSR count). The minimum Gasteiger partial charge on any atom is -0.367 e. The summed E-state index contributed by atoms with van der Waals surface area (Å²) >= 11 is 6.01. The molecule has 0 amide bonds. The second kappa shape index (κ2) is 3.39. The van der Waals surface area contributed by atoms with Crippen LogP contribution < -0.4 is 10.6 Å². The topological polar surface area (TPSA) is 29.3 Å². The molecule has 3 heteroatoms. The molecule has 2 heterocycles. The third-order valence-corrected chi connectivity index (χ3v) is 3.78. The summed E-state index contributed by atoms with van der Waals surface area (Å²) in [6.07, 6.45) is 3.51. The summed E-state index contributed by atoms with van der Waals surface area (Å²) in [6.45, 7) is 0.999. The number of benzene rings is 1. The molecule has 2 nitrogen and oxygen atoms in total. The Morgan fingerprint density at radius 1 is 1.40 bits per heavy atom. The highest BCUT2D eigenvalue weighted by Crippen LogP contribution is 2.36. The van der Waals surface area contributed by atoms with E-state index in [2.05, 4.69) is 17.0 Å². The molecule has 2 unspecified atom stereocenters. The molecule has 2 N–H and O–H groups in total. The number of fused-ring (bicyclic) bond motifs is 3. The molecule has 2 aliphatic rings. The average Bonchev–Trinajstić information content (AvgIpc) is 2.58. The van der Waals surface area contributed by atoms with Crippen LogP contribution in [0.2, 0.25) is 5.02 Å². The zero-order valence-corrected chi connectivity index (χ0v) is 9.37. The smallest absolute Gasteiger partial charge is 0.0410 e. The van der Waals surface area contributed by atoms with Gasteiger partial charge >= 0.3 is 0 Å². The van der Waals surface area contributed by atoms with Gasteiger partial charge in [0.15, 0.2) is 0 Å². The fourth-order valence-corrected chi connectivity index (χ4v) is 3.07. The highest BCUT2D eigenvalue weighted by atomic mass is 35.5. The number of nitrogens with zero attached hydrogens (tertiary/aromatic N) is 1. The summed E-state index contributed by atoms with van der Waals surface area (Å²) in [5.74, 6) is 0. The lowest BCUT2D eigenvalue weighted by atomic mass is 9.96. The van der Waals surface area contributed by atoms with Crippen LogP contribution in [-0.2, 0) is 6.42 Å². The number of rotatable bonds is 0. The van der Waals surface area contributed by atoms with Gasteiger partial charge in [-0.05, 0) is 43.0 Å². The van der Waals surface area contributed by atoms with E-state index >= 15 is 0 Å². The monoisotopic (exact) mass is 222 g/mol. The quantitative estimate of drug-likeness (QED) is 0.729. The Labute approximate surface area is 95.0 Å². The van der Waals surface area contributed by atoms with Gasteiger partial charge in [-0.1, -0.05) is 11.6 Å². The normalized spacial score (nSPS) is 28.8. The second-order valence-corrected chi connectivity index (χ2v) is 5.05. The lowest BCUT2D eigenvalue weighted by Crippen LogP contribution is -2.34. The van der Waals surface area contributed by atoms with Crippen molar-refractivity contribution >= 4 is 17.3 Å². The summed E-state index contributed by atoms with van der Waals surface area (Å²) in [5, 5.41) is 0.843. The van der Waals surface area contributed by atoms with Crippen molar-refractivity contribution in [1.29, 1.82) is 0 Å². The zero-order valence-electron chi connectivity index (χ0n) is 8.62. The van der Waals surface area contributed by atoms with Crippen LogP contribution in [0.5, 0.6) is 0 Å². The van der Waals surface area contributed by atoms with Crippen LogP contribution in [0.25, 0.3) is 0 Å². The summed E-state index contributed by atoms with van der Waals surface area (Å²) in [6, 6.07) is 7.22. The van der Waals surface area contributed by atoms with Gasteiger partial charge < -0.3 is 10.6 Å². The van der Waals surface area contributed by atoms with Gasteiger partial charge in [0.25, 0.3) is 0 Å². The van der Waals surface area contributed by atoms with Crippen LogP contribution in [0.4, 0.5) is 5.69 Å². The minimum absolute atomic E-state index is 0.344. The molecule has 80 valence electrons. The lowest BCUT2D eigenvalue weighted by molar-refractivity contribution is 0.575. The Hall–Kier alpha value is -0.730. The molecule has 0 spiro atoms. The largest absolute Gasteiger partial charge is 0.367 e. The van der Waals surface area contributed by atoms with E-state index in [0.29, 0.717) is 12.1 Å². The van der Waals surface area contributed by atoms with E-state index in [4.69, 9.17) is 17.3 Å². The third kappa shape index (κ3) is 1.52. The molecule has 0 radical (unpaired) electrons. The van der Waals surface area contributed by atoms with E-state index in [1.54, 1.807) is 0 Å². The molecule has 1 aromatic carbocycles. The van der Waals surface area contributed by atoms with Crippen molar-refractivity contribution in [2.45, 2.75) is 31.3 Å². The van der Waals surface area contributed by atoms with E-state index < -0.39 is 0 Å². The zero-order chi connectivity index (χ0) is 10.4. The van der Waals surface area contributed by atoms with Gasteiger partial charge in [-0.3, -0.25) is 0 Å². The molecule has 0 aromatic heterocycles. The van der Waals surface area contributed by atoms with E-state index in [1.165, 1.54) is 17.7 Å². The summed E-state index contributed by atoms with van der Waals surface area (Å²) in [4.78, 5) is 2.46. The molecule has 0 aliphatic carbocycles. The summed E-state index contributed by atoms with van der Waals surface area (Å²) < 4.78 is 0. The highest BCUT2D eigenvalue weighted by molar-refractivity contribution is 6.30. The van der Waals surface area contributed by atoms with Gasteiger partial charge in [0.2, 0.25) is 0 Å². The van der Waals surface area contributed by atoms with Crippen molar-refractivity contribution in [2.75, 3.05) is 11.4 Å². The van der Waals surface area contributed by atoms with Crippen LogP contribution in [0.15, 0.2) is 18.2 Å². The molecule has 1 saturated heterocycles. The maximum atomic E-state index is 6.01. The maximum absolute atomic E-state index is 6.01. The number of hydrogen-bond acceptors (Lipinski definition) is 2. The second-order valence-electron chi connectivity index (χ2n) is 4.61. The maximum Gasteiger partial charge on any atom is 0.0410 e. The van der Waals surface area contributed by atoms with E-state index in [1.807, 2.05) is 6.07 Å². The number of hydrogen-bond donors (Lipinski definition) is 1. The molecule has 2 atom stereocenters. The number of halogens is 1. The van der Waals surface area contributed by atoms with Gasteiger partial charge in [-0.2, -0.15) is 0 Å². The van der Waals surface area contributed by atoms with E-state index in [0.717, 1.165) is 24.4 Å². The van der Waals surface area contributed by atoms with Crippen molar-refractivity contribution in [3.63, 3.8) is 0 Å². The highest BCUT2D eigenvalue weighted by Gasteiger charge is 2.33. The molecule has 0 saturated carbocycles. The van der Waals surface area contributed by atoms with Gasteiger partial charge in [-0.15, -0.1) is 0 Å². The fourth-order valence-electron chi connectivity index (χ4n) is 2.88. The Bertz CT molecular complexity index is 391. The van der Waals surface area contributed by atoms with Crippen molar-refractivity contribution in [3.05, 3.63) is 28.8 Å². The Balaban J connectivity index is 2.01. The standard InChI is InChI=1S/C12H15ClN2/c13-9-2-4-12-8(5-9)1-3-11-6-10(14)7-15(11)12/h2,4-5,10-11H,1,3,6-7,14H2. The first-order chi connectivity index (χ1) is 7.24. The first-order valence-corrected chi connectivity index (χ1v) is 5.92. The Morgan fingerprint density at radius 2 is 2.27 bits per heavy atom. The molecule has 1 fully saturated rings. The van der Waals surface area contributed by atoms with Crippen molar-refractivity contribution in [1.82, 2.24) is 0 Å². The molecule has 2 aliphatic heterocycles. The third-order valence-electron chi connectivity index (χ3n) is 3.54. The van der Waals surface area contributed by atoms with Crippen molar-refractivity contribution in [3.8, 4) is 0 Å². The Morgan fingerprint density at radius 3 is 3.13 bits per heavy atom. The van der Waals surface area contributed by atoms with Gasteiger partial charge in [-0.25, -0.2) is 0 Å². The number of nitrogens with two attached hydrogens (primary N) is 1. The van der Waals surface area contributed by atoms with Crippen molar-refractivity contribution in [2.24, 2.45) is 5.73 Å². The van der Waals surface area contributed by atoms with Crippen LogP contribution in [0.3, 0.4) is 0 Å². The predicted molar refractivity (Wildman–Crippen MR) is 63.5 cm³/mol. The van der Waals surface area contributed by atoms with Gasteiger partial charge in [0.1, 0.15) is 0 Å². The van der Waals surface area contributed by atoms with E-state index in [9.17, 15) is 0 Å². The van der Waals surface area contributed by atoms with Crippen LogP contribution in [0.1, 0.15) is 18.4 Å². The van der Waals surface area contributed by atoms with Gasteiger partial charge in [0, 0.05) is 29.3 Å². The Kier molecular flexibility index (Phi) is 2.15.